The van der Waals surface area contributed by atoms with Crippen molar-refractivity contribution in [1.82, 2.24) is 4.31 Å². The molecule has 0 spiro atoms. The Bertz CT molecular complexity index is 576. The van der Waals surface area contributed by atoms with Crippen LogP contribution in [0.3, 0.4) is 0 Å². The van der Waals surface area contributed by atoms with Gasteiger partial charge in [-0.3, -0.25) is 0 Å². The van der Waals surface area contributed by atoms with Gasteiger partial charge in [-0.05, 0) is 44.5 Å². The maximum atomic E-state index is 13.1. The molecule has 0 bridgehead atoms. The first-order valence-electron chi connectivity index (χ1n) is 5.45. The second-order valence-electron chi connectivity index (χ2n) is 4.21. The van der Waals surface area contributed by atoms with E-state index in [-0.39, 0.29) is 23.0 Å². The number of nitriles is 1. The minimum absolute atomic E-state index is 0.00495. The molecule has 0 N–H and O–H groups in total. The van der Waals surface area contributed by atoms with Gasteiger partial charge in [-0.1, -0.05) is 0 Å². The van der Waals surface area contributed by atoms with E-state index in [9.17, 15) is 12.8 Å². The monoisotopic (exact) mass is 270 g/mol. The molecule has 1 rings (SSSR count). The number of hydrogen-bond acceptors (Lipinski definition) is 3. The van der Waals surface area contributed by atoms with Crippen LogP contribution in [0.2, 0.25) is 0 Å². The lowest BCUT2D eigenvalue weighted by atomic mass is 10.2. The fraction of sp³-hybridized carbons (Fsp3) is 0.417. The minimum atomic E-state index is -3.76. The first-order chi connectivity index (χ1) is 8.30. The van der Waals surface area contributed by atoms with Gasteiger partial charge in [-0.2, -0.15) is 9.57 Å². The molecule has 0 aromatic heterocycles. The van der Waals surface area contributed by atoms with Gasteiger partial charge in [0.25, 0.3) is 0 Å². The van der Waals surface area contributed by atoms with Crippen LogP contribution in [0.4, 0.5) is 4.39 Å². The van der Waals surface area contributed by atoms with Gasteiger partial charge in [-0.25, -0.2) is 12.8 Å². The summed E-state index contributed by atoms with van der Waals surface area (Å²) in [5, 5.41) is 8.68. The number of hydrogen-bond donors (Lipinski definition) is 0. The van der Waals surface area contributed by atoms with E-state index in [1.807, 2.05) is 6.07 Å². The molecule has 0 radical (unpaired) electrons. The van der Waals surface area contributed by atoms with E-state index in [1.54, 1.807) is 13.8 Å². The number of aryl methyl sites for hydroxylation is 1. The molecule has 0 aliphatic carbocycles. The highest BCUT2D eigenvalue weighted by atomic mass is 32.2. The van der Waals surface area contributed by atoms with Crippen molar-refractivity contribution in [2.24, 2.45) is 0 Å². The van der Waals surface area contributed by atoms with Crippen molar-refractivity contribution in [2.45, 2.75) is 31.7 Å². The standard InChI is InChI=1S/C12H15FN2O2S/c1-9(2)15(7-6-14)18(16,17)11-4-5-12(13)10(3)8-11/h4-5,8-9H,7H2,1-3H3. The van der Waals surface area contributed by atoms with Gasteiger partial charge in [0.2, 0.25) is 10.0 Å². The minimum Gasteiger partial charge on any atom is -0.207 e. The fourth-order valence-electron chi connectivity index (χ4n) is 1.53. The molecule has 0 saturated carbocycles. The Kier molecular flexibility index (Phi) is 4.43. The largest absolute Gasteiger partial charge is 0.244 e. The van der Waals surface area contributed by atoms with Gasteiger partial charge in [0.05, 0.1) is 11.0 Å². The molecule has 0 aliphatic heterocycles. The maximum absolute atomic E-state index is 13.1. The lowest BCUT2D eigenvalue weighted by Crippen LogP contribution is -2.37. The Balaban J connectivity index is 3.27. The summed E-state index contributed by atoms with van der Waals surface area (Å²) >= 11 is 0. The summed E-state index contributed by atoms with van der Waals surface area (Å²) < 4.78 is 38.8. The third-order valence-corrected chi connectivity index (χ3v) is 4.56. The highest BCUT2D eigenvalue weighted by Crippen LogP contribution is 2.20. The highest BCUT2D eigenvalue weighted by molar-refractivity contribution is 7.89. The van der Waals surface area contributed by atoms with Gasteiger partial charge >= 0.3 is 0 Å². The summed E-state index contributed by atoms with van der Waals surface area (Å²) in [7, 11) is -3.76. The van der Waals surface area contributed by atoms with E-state index in [0.29, 0.717) is 0 Å². The molecule has 0 heterocycles. The number of halogens is 1. The van der Waals surface area contributed by atoms with Crippen LogP contribution in [-0.4, -0.2) is 25.3 Å². The molecule has 0 atom stereocenters. The van der Waals surface area contributed by atoms with Crippen molar-refractivity contribution < 1.29 is 12.8 Å². The summed E-state index contributed by atoms with van der Waals surface area (Å²) in [4.78, 5) is 0.00495. The average Bonchev–Trinajstić information content (AvgIpc) is 2.28. The predicted molar refractivity (Wildman–Crippen MR) is 65.8 cm³/mol. The molecule has 1 aromatic rings. The van der Waals surface area contributed by atoms with Gasteiger partial charge in [0.1, 0.15) is 12.4 Å². The summed E-state index contributed by atoms with van der Waals surface area (Å²) in [5.41, 5.74) is 0.261. The molecular weight excluding hydrogens is 255 g/mol. The van der Waals surface area contributed by atoms with Crippen molar-refractivity contribution in [2.75, 3.05) is 6.54 Å². The van der Waals surface area contributed by atoms with Gasteiger partial charge in [0, 0.05) is 6.04 Å². The van der Waals surface area contributed by atoms with Gasteiger partial charge in [-0.15, -0.1) is 0 Å². The van der Waals surface area contributed by atoms with Crippen LogP contribution in [0.15, 0.2) is 23.1 Å². The molecule has 0 saturated heterocycles. The zero-order chi connectivity index (χ0) is 13.9. The van der Waals surface area contributed by atoms with Crippen molar-refractivity contribution in [3.63, 3.8) is 0 Å². The van der Waals surface area contributed by atoms with Crippen LogP contribution in [-0.2, 0) is 10.0 Å². The molecule has 0 aliphatic rings. The lowest BCUT2D eigenvalue weighted by Gasteiger charge is -2.23. The third-order valence-electron chi connectivity index (χ3n) is 2.54. The average molecular weight is 270 g/mol. The summed E-state index contributed by atoms with van der Waals surface area (Å²) in [6.45, 7) is 4.64. The van der Waals surface area contributed by atoms with Crippen molar-refractivity contribution in [3.05, 3.63) is 29.6 Å². The predicted octanol–water partition coefficient (Wildman–Crippen LogP) is 2.06. The SMILES string of the molecule is Cc1cc(S(=O)(=O)N(CC#N)C(C)C)ccc1F. The van der Waals surface area contributed by atoms with Gasteiger partial charge < -0.3 is 0 Å². The first kappa shape index (κ1) is 14.6. The Morgan fingerprint density at radius 2 is 2.06 bits per heavy atom. The van der Waals surface area contributed by atoms with Crippen molar-refractivity contribution in [1.29, 1.82) is 5.26 Å². The van der Waals surface area contributed by atoms with E-state index in [0.717, 1.165) is 10.4 Å². The second kappa shape index (κ2) is 5.46. The molecule has 0 unspecified atom stereocenters. The smallest absolute Gasteiger partial charge is 0.207 e. The van der Waals surface area contributed by atoms with Gasteiger partial charge in [0.15, 0.2) is 0 Å². The van der Waals surface area contributed by atoms with Crippen LogP contribution in [0.5, 0.6) is 0 Å². The molecule has 4 nitrogen and oxygen atoms in total. The zero-order valence-electron chi connectivity index (χ0n) is 10.5. The Morgan fingerprint density at radius 3 is 2.50 bits per heavy atom. The van der Waals surface area contributed by atoms with Crippen LogP contribution >= 0.6 is 0 Å². The van der Waals surface area contributed by atoms with E-state index in [1.165, 1.54) is 19.1 Å². The van der Waals surface area contributed by atoms with E-state index in [4.69, 9.17) is 5.26 Å². The van der Waals surface area contributed by atoms with Crippen LogP contribution in [0.1, 0.15) is 19.4 Å². The maximum Gasteiger partial charge on any atom is 0.244 e. The summed E-state index contributed by atoms with van der Waals surface area (Å²) in [5.74, 6) is -0.453. The quantitative estimate of drug-likeness (QED) is 0.787. The molecule has 0 fully saturated rings. The zero-order valence-corrected chi connectivity index (χ0v) is 11.3. The fourth-order valence-corrected chi connectivity index (χ4v) is 3.15. The van der Waals surface area contributed by atoms with Crippen molar-refractivity contribution in [3.8, 4) is 6.07 Å². The third kappa shape index (κ3) is 2.86. The Morgan fingerprint density at radius 1 is 1.44 bits per heavy atom. The molecule has 0 amide bonds. The van der Waals surface area contributed by atoms with E-state index < -0.39 is 15.8 Å². The second-order valence-corrected chi connectivity index (χ2v) is 6.10. The number of rotatable bonds is 4. The van der Waals surface area contributed by atoms with Crippen LogP contribution in [0, 0.1) is 24.1 Å². The molecule has 1 aromatic carbocycles. The van der Waals surface area contributed by atoms with E-state index >= 15 is 0 Å². The lowest BCUT2D eigenvalue weighted by molar-refractivity contribution is 0.385. The van der Waals surface area contributed by atoms with Crippen LogP contribution < -0.4 is 0 Å². The number of nitrogens with zero attached hydrogens (tertiary/aromatic N) is 2. The molecule has 18 heavy (non-hydrogen) atoms. The van der Waals surface area contributed by atoms with E-state index in [2.05, 4.69) is 0 Å². The number of sulfonamides is 1. The Hall–Kier alpha value is -1.45. The summed E-state index contributed by atoms with van der Waals surface area (Å²) in [6.07, 6.45) is 0. The Labute approximate surface area is 107 Å². The topological polar surface area (TPSA) is 61.2 Å². The number of benzene rings is 1. The first-order valence-corrected chi connectivity index (χ1v) is 6.89. The molecular formula is C12H15FN2O2S. The van der Waals surface area contributed by atoms with Crippen LogP contribution in [0.25, 0.3) is 0 Å². The molecule has 98 valence electrons. The molecule has 6 heteroatoms. The summed E-state index contributed by atoms with van der Waals surface area (Å²) in [6, 6.07) is 5.10. The normalized spacial score (nSPS) is 11.8. The highest BCUT2D eigenvalue weighted by Gasteiger charge is 2.27. The van der Waals surface area contributed by atoms with Crippen molar-refractivity contribution >= 4 is 10.0 Å².